The lowest BCUT2D eigenvalue weighted by molar-refractivity contribution is 0.0946. The number of rotatable bonds is 5. The van der Waals surface area contributed by atoms with Gasteiger partial charge in [-0.2, -0.15) is 0 Å². The number of H-pyrrole nitrogens is 1. The Labute approximate surface area is 144 Å². The van der Waals surface area contributed by atoms with Crippen molar-refractivity contribution in [2.75, 3.05) is 0 Å². The minimum absolute atomic E-state index is 0.186. The van der Waals surface area contributed by atoms with E-state index in [0.717, 1.165) is 23.1 Å². The maximum absolute atomic E-state index is 12.4. The van der Waals surface area contributed by atoms with Crippen LogP contribution in [0.25, 0.3) is 11.0 Å². The van der Waals surface area contributed by atoms with Crippen LogP contribution >= 0.6 is 0 Å². The van der Waals surface area contributed by atoms with Gasteiger partial charge in [-0.05, 0) is 29.3 Å². The van der Waals surface area contributed by atoms with Gasteiger partial charge in [0.15, 0.2) is 0 Å². The second kappa shape index (κ2) is 6.60. The monoisotopic (exact) mass is 331 g/mol. The van der Waals surface area contributed by atoms with Crippen molar-refractivity contribution < 1.29 is 4.79 Å². The van der Waals surface area contributed by atoms with E-state index in [1.54, 1.807) is 18.6 Å². The maximum atomic E-state index is 12.4. The lowest BCUT2D eigenvalue weighted by Crippen LogP contribution is -2.24. The van der Waals surface area contributed by atoms with Crippen molar-refractivity contribution in [3.05, 3.63) is 84.2 Å². The van der Waals surface area contributed by atoms with Crippen LogP contribution in [0.4, 0.5) is 0 Å². The van der Waals surface area contributed by atoms with E-state index in [2.05, 4.69) is 26.3 Å². The largest absolute Gasteiger partial charge is 0.347 e. The van der Waals surface area contributed by atoms with Crippen molar-refractivity contribution in [3.63, 3.8) is 0 Å². The molecule has 0 fully saturated rings. The molecule has 0 aliphatic carbocycles. The number of amides is 1. The Balaban J connectivity index is 1.48. The van der Waals surface area contributed by atoms with Gasteiger partial charge in [0.05, 0.1) is 6.33 Å². The smallest absolute Gasteiger partial charge is 0.270 e. The number of fused-ring (bicyclic) bond motifs is 1. The van der Waals surface area contributed by atoms with Crippen LogP contribution in [0.15, 0.2) is 67.4 Å². The Morgan fingerprint density at radius 1 is 1.12 bits per heavy atom. The zero-order valence-corrected chi connectivity index (χ0v) is 13.5. The lowest BCUT2D eigenvalue weighted by Gasteiger charge is -2.11. The molecule has 0 saturated carbocycles. The summed E-state index contributed by atoms with van der Waals surface area (Å²) >= 11 is 0. The minimum atomic E-state index is -0.186. The highest BCUT2D eigenvalue weighted by atomic mass is 16.1. The molecule has 0 radical (unpaired) electrons. The third-order valence-electron chi connectivity index (χ3n) is 4.11. The fourth-order valence-corrected chi connectivity index (χ4v) is 2.78. The number of benzene rings is 1. The second-order valence-electron chi connectivity index (χ2n) is 5.80. The summed E-state index contributed by atoms with van der Waals surface area (Å²) < 4.78 is 2.00. The first-order valence-electron chi connectivity index (χ1n) is 8.04. The van der Waals surface area contributed by atoms with Crippen LogP contribution in [0, 0.1) is 0 Å². The summed E-state index contributed by atoms with van der Waals surface area (Å²) in [5.74, 6) is -0.186. The number of carbonyl (C=O) groups is 1. The number of carbonyl (C=O) groups excluding carboxylic acids is 1. The number of imidazole rings is 1. The van der Waals surface area contributed by atoms with E-state index < -0.39 is 0 Å². The molecule has 4 aromatic rings. The van der Waals surface area contributed by atoms with Crippen LogP contribution < -0.4 is 5.32 Å². The van der Waals surface area contributed by atoms with E-state index in [1.165, 1.54) is 0 Å². The zero-order chi connectivity index (χ0) is 17.1. The molecule has 3 aromatic heterocycles. The highest BCUT2D eigenvalue weighted by Crippen LogP contribution is 2.12. The molecular formula is C19H17N5O. The molecule has 4 rings (SSSR count). The van der Waals surface area contributed by atoms with Gasteiger partial charge in [-0.3, -0.25) is 4.79 Å². The molecule has 124 valence electrons. The van der Waals surface area contributed by atoms with E-state index in [1.807, 2.05) is 47.3 Å². The first kappa shape index (κ1) is 15.1. The van der Waals surface area contributed by atoms with Crippen molar-refractivity contribution in [1.82, 2.24) is 24.8 Å². The predicted molar refractivity (Wildman–Crippen MR) is 95.0 cm³/mol. The summed E-state index contributed by atoms with van der Waals surface area (Å²) in [6, 6.07) is 13.6. The highest BCUT2D eigenvalue weighted by molar-refractivity contribution is 5.94. The predicted octanol–water partition coefficient (Wildman–Crippen LogP) is 2.74. The summed E-state index contributed by atoms with van der Waals surface area (Å²) in [5, 5.41) is 3.94. The molecule has 0 unspecified atom stereocenters. The van der Waals surface area contributed by atoms with Crippen molar-refractivity contribution in [1.29, 1.82) is 0 Å². The third-order valence-corrected chi connectivity index (χ3v) is 4.11. The zero-order valence-electron chi connectivity index (χ0n) is 13.5. The van der Waals surface area contributed by atoms with E-state index in [-0.39, 0.29) is 5.91 Å². The Morgan fingerprint density at radius 2 is 2.00 bits per heavy atom. The Kier molecular flexibility index (Phi) is 4.00. The Hall–Kier alpha value is -3.41. The van der Waals surface area contributed by atoms with Crippen LogP contribution in [0.2, 0.25) is 0 Å². The third kappa shape index (κ3) is 3.28. The SMILES string of the molecule is O=C(NCc1ccccc1Cn1ccnc1)c1ccc2cc[nH]c2n1. The second-order valence-corrected chi connectivity index (χ2v) is 5.80. The number of nitrogens with zero attached hydrogens (tertiary/aromatic N) is 3. The van der Waals surface area contributed by atoms with Gasteiger partial charge in [-0.25, -0.2) is 9.97 Å². The Bertz CT molecular complexity index is 1000. The number of hydrogen-bond acceptors (Lipinski definition) is 3. The summed E-state index contributed by atoms with van der Waals surface area (Å²) in [6.07, 6.45) is 7.27. The normalized spacial score (nSPS) is 10.9. The summed E-state index contributed by atoms with van der Waals surface area (Å²) in [4.78, 5) is 23.8. The topological polar surface area (TPSA) is 75.6 Å². The molecule has 3 heterocycles. The first-order valence-corrected chi connectivity index (χ1v) is 8.04. The van der Waals surface area contributed by atoms with Crippen LogP contribution in [-0.4, -0.2) is 25.4 Å². The van der Waals surface area contributed by atoms with Gasteiger partial charge >= 0.3 is 0 Å². The van der Waals surface area contributed by atoms with Gasteiger partial charge in [0.2, 0.25) is 0 Å². The number of nitrogens with one attached hydrogen (secondary N) is 2. The lowest BCUT2D eigenvalue weighted by atomic mass is 10.1. The summed E-state index contributed by atoms with van der Waals surface area (Å²) in [5.41, 5.74) is 3.34. The quantitative estimate of drug-likeness (QED) is 0.590. The molecule has 0 spiro atoms. The van der Waals surface area contributed by atoms with Crippen LogP contribution in [0.5, 0.6) is 0 Å². The van der Waals surface area contributed by atoms with Gasteiger partial charge < -0.3 is 14.9 Å². The molecule has 0 aliphatic heterocycles. The molecule has 2 N–H and O–H groups in total. The van der Waals surface area contributed by atoms with Crippen LogP contribution in [0.1, 0.15) is 21.6 Å². The van der Waals surface area contributed by atoms with E-state index >= 15 is 0 Å². The molecule has 0 saturated heterocycles. The van der Waals surface area contributed by atoms with Crippen molar-refractivity contribution in [3.8, 4) is 0 Å². The molecule has 6 heteroatoms. The van der Waals surface area contributed by atoms with Crippen molar-refractivity contribution in [2.24, 2.45) is 0 Å². The summed E-state index contributed by atoms with van der Waals surface area (Å²) in [6.45, 7) is 1.17. The molecule has 0 aliphatic rings. The molecule has 25 heavy (non-hydrogen) atoms. The van der Waals surface area contributed by atoms with Gasteiger partial charge in [0, 0.05) is 37.1 Å². The van der Waals surface area contributed by atoms with Gasteiger partial charge in [0.25, 0.3) is 5.91 Å². The molecule has 1 amide bonds. The number of pyridine rings is 1. The van der Waals surface area contributed by atoms with E-state index in [9.17, 15) is 4.79 Å². The Morgan fingerprint density at radius 3 is 2.84 bits per heavy atom. The number of hydrogen-bond donors (Lipinski definition) is 2. The van der Waals surface area contributed by atoms with Crippen molar-refractivity contribution in [2.45, 2.75) is 13.1 Å². The molecule has 0 atom stereocenters. The molecular weight excluding hydrogens is 314 g/mol. The fourth-order valence-electron chi connectivity index (χ4n) is 2.78. The fraction of sp³-hybridized carbons (Fsp3) is 0.105. The van der Waals surface area contributed by atoms with E-state index in [0.29, 0.717) is 17.9 Å². The molecule has 6 nitrogen and oxygen atoms in total. The summed E-state index contributed by atoms with van der Waals surface area (Å²) in [7, 11) is 0. The maximum Gasteiger partial charge on any atom is 0.270 e. The standard InChI is InChI=1S/C19H17N5O/c25-19(17-6-5-14-7-8-21-18(14)23-17)22-11-15-3-1-2-4-16(15)12-24-10-9-20-13-24/h1-10,13H,11-12H2,(H,21,23)(H,22,25). The average molecular weight is 331 g/mol. The molecule has 0 bridgehead atoms. The van der Waals surface area contributed by atoms with Gasteiger partial charge in [-0.15, -0.1) is 0 Å². The van der Waals surface area contributed by atoms with Crippen LogP contribution in [0.3, 0.4) is 0 Å². The first-order chi connectivity index (χ1) is 12.3. The van der Waals surface area contributed by atoms with Gasteiger partial charge in [-0.1, -0.05) is 24.3 Å². The number of aromatic amines is 1. The van der Waals surface area contributed by atoms with Crippen LogP contribution in [-0.2, 0) is 13.1 Å². The minimum Gasteiger partial charge on any atom is -0.347 e. The number of aromatic nitrogens is 4. The van der Waals surface area contributed by atoms with Gasteiger partial charge in [0.1, 0.15) is 11.3 Å². The van der Waals surface area contributed by atoms with Crippen molar-refractivity contribution >= 4 is 16.9 Å². The van der Waals surface area contributed by atoms with E-state index in [4.69, 9.17) is 0 Å². The average Bonchev–Trinajstić information content (AvgIpc) is 3.31. The molecule has 1 aromatic carbocycles. The highest BCUT2D eigenvalue weighted by Gasteiger charge is 2.10.